The van der Waals surface area contributed by atoms with Gasteiger partial charge in [-0.3, -0.25) is 9.48 Å². The van der Waals surface area contributed by atoms with E-state index in [0.717, 1.165) is 0 Å². The molecule has 0 aliphatic rings. The van der Waals surface area contributed by atoms with Crippen LogP contribution in [-0.4, -0.2) is 41.5 Å². The molecular weight excluding hydrogens is 364 g/mol. The number of halogens is 1. The Morgan fingerprint density at radius 2 is 1.96 bits per heavy atom. The zero-order valence-corrected chi connectivity index (χ0v) is 15.9. The molecule has 0 fully saturated rings. The number of nitrogens with zero attached hydrogens (tertiary/aromatic N) is 3. The predicted octanol–water partition coefficient (Wildman–Crippen LogP) is 2.84. The second-order valence-corrected chi connectivity index (χ2v) is 7.59. The Hall–Kier alpha value is -1.90. The largest absolute Gasteiger partial charge is 0.322 e. The molecule has 0 radical (unpaired) electrons. The monoisotopic (exact) mass is 384 g/mol. The minimum absolute atomic E-state index is 0.0279. The van der Waals surface area contributed by atoms with Crippen LogP contribution in [0.25, 0.3) is 0 Å². The molecule has 0 saturated heterocycles. The fourth-order valence-electron chi connectivity index (χ4n) is 2.34. The highest BCUT2D eigenvalue weighted by Gasteiger charge is 2.25. The SMILES string of the molecule is CCN(CC)S(=O)(=O)c1cc(NC(=O)c2cnn(CC)c2)ccc1Cl. The van der Waals surface area contributed by atoms with Crippen molar-refractivity contribution in [3.8, 4) is 0 Å². The van der Waals surface area contributed by atoms with E-state index in [2.05, 4.69) is 10.4 Å². The summed E-state index contributed by atoms with van der Waals surface area (Å²) in [5, 5.41) is 6.84. The minimum atomic E-state index is -3.72. The lowest BCUT2D eigenvalue weighted by atomic mass is 10.3. The molecule has 0 saturated carbocycles. The maximum atomic E-state index is 12.7. The molecule has 25 heavy (non-hydrogen) atoms. The molecule has 0 spiro atoms. The van der Waals surface area contributed by atoms with Gasteiger partial charge in [0.25, 0.3) is 5.91 Å². The molecular formula is C16H21ClN4O3S. The molecule has 0 bridgehead atoms. The van der Waals surface area contributed by atoms with Gasteiger partial charge in [-0.05, 0) is 25.1 Å². The number of anilines is 1. The van der Waals surface area contributed by atoms with E-state index in [1.54, 1.807) is 30.8 Å². The molecule has 1 heterocycles. The number of carbonyl (C=O) groups excluding carboxylic acids is 1. The molecule has 1 aromatic carbocycles. The van der Waals surface area contributed by atoms with Crippen LogP contribution in [0.3, 0.4) is 0 Å². The van der Waals surface area contributed by atoms with Gasteiger partial charge in [0.1, 0.15) is 4.90 Å². The second kappa shape index (κ2) is 7.99. The second-order valence-electron chi connectivity index (χ2n) is 5.27. The van der Waals surface area contributed by atoms with Crippen LogP contribution in [0.5, 0.6) is 0 Å². The Bertz CT molecular complexity index is 860. The van der Waals surface area contributed by atoms with Gasteiger partial charge in [-0.25, -0.2) is 8.42 Å². The maximum Gasteiger partial charge on any atom is 0.258 e. The standard InChI is InChI=1S/C16H21ClN4O3S/c1-4-20-11-12(10-18-20)16(22)19-13-7-8-14(17)15(9-13)25(23,24)21(5-2)6-3/h7-11H,4-6H2,1-3H3,(H,19,22). The first-order chi connectivity index (χ1) is 11.8. The molecule has 9 heteroatoms. The van der Waals surface area contributed by atoms with Crippen molar-refractivity contribution in [2.24, 2.45) is 0 Å². The van der Waals surface area contributed by atoms with Crippen LogP contribution in [-0.2, 0) is 16.6 Å². The van der Waals surface area contributed by atoms with E-state index in [9.17, 15) is 13.2 Å². The molecule has 2 aromatic rings. The van der Waals surface area contributed by atoms with Crippen LogP contribution in [0.1, 0.15) is 31.1 Å². The highest BCUT2D eigenvalue weighted by atomic mass is 35.5. The Balaban J connectivity index is 2.31. The smallest absolute Gasteiger partial charge is 0.258 e. The van der Waals surface area contributed by atoms with Gasteiger partial charge in [0.05, 0.1) is 16.8 Å². The van der Waals surface area contributed by atoms with Crippen molar-refractivity contribution in [2.75, 3.05) is 18.4 Å². The molecule has 2 rings (SSSR count). The van der Waals surface area contributed by atoms with E-state index >= 15 is 0 Å². The number of benzene rings is 1. The Morgan fingerprint density at radius 1 is 1.28 bits per heavy atom. The topological polar surface area (TPSA) is 84.3 Å². The van der Waals surface area contributed by atoms with Gasteiger partial charge >= 0.3 is 0 Å². The molecule has 136 valence electrons. The van der Waals surface area contributed by atoms with Gasteiger partial charge in [0.2, 0.25) is 10.0 Å². The van der Waals surface area contributed by atoms with Crippen molar-refractivity contribution >= 4 is 33.2 Å². The van der Waals surface area contributed by atoms with Crippen molar-refractivity contribution < 1.29 is 13.2 Å². The summed E-state index contributed by atoms with van der Waals surface area (Å²) in [6.45, 7) is 6.75. The summed E-state index contributed by atoms with van der Waals surface area (Å²) in [6.07, 6.45) is 3.08. The zero-order valence-electron chi connectivity index (χ0n) is 14.4. The first-order valence-corrected chi connectivity index (χ1v) is 9.78. The molecule has 1 aromatic heterocycles. The number of carbonyl (C=O) groups is 1. The lowest BCUT2D eigenvalue weighted by molar-refractivity contribution is 0.102. The third-order valence-electron chi connectivity index (χ3n) is 3.73. The molecule has 1 amide bonds. The van der Waals surface area contributed by atoms with Gasteiger partial charge in [-0.15, -0.1) is 0 Å². The van der Waals surface area contributed by atoms with E-state index in [-0.39, 0.29) is 15.8 Å². The first-order valence-electron chi connectivity index (χ1n) is 7.96. The quantitative estimate of drug-likeness (QED) is 0.795. The van der Waals surface area contributed by atoms with E-state index in [0.29, 0.717) is 30.9 Å². The number of nitrogens with one attached hydrogen (secondary N) is 1. The van der Waals surface area contributed by atoms with Gasteiger partial charge in [0.15, 0.2) is 0 Å². The Kier molecular flexibility index (Phi) is 6.21. The van der Waals surface area contributed by atoms with Crippen molar-refractivity contribution in [3.05, 3.63) is 41.2 Å². The summed E-state index contributed by atoms with van der Waals surface area (Å²) in [5.41, 5.74) is 0.745. The van der Waals surface area contributed by atoms with Crippen LogP contribution in [0, 0.1) is 0 Å². The summed E-state index contributed by atoms with van der Waals surface area (Å²) >= 11 is 6.08. The van der Waals surface area contributed by atoms with Gasteiger partial charge < -0.3 is 5.32 Å². The average molecular weight is 385 g/mol. The molecule has 7 nitrogen and oxygen atoms in total. The van der Waals surface area contributed by atoms with Crippen LogP contribution in [0.4, 0.5) is 5.69 Å². The lowest BCUT2D eigenvalue weighted by Gasteiger charge is -2.19. The van der Waals surface area contributed by atoms with Crippen LogP contribution < -0.4 is 5.32 Å². The highest BCUT2D eigenvalue weighted by Crippen LogP contribution is 2.28. The van der Waals surface area contributed by atoms with E-state index in [1.807, 2.05) is 6.92 Å². The van der Waals surface area contributed by atoms with E-state index < -0.39 is 10.0 Å². The van der Waals surface area contributed by atoms with Gasteiger partial charge in [-0.1, -0.05) is 25.4 Å². The summed E-state index contributed by atoms with van der Waals surface area (Å²) in [7, 11) is -3.72. The summed E-state index contributed by atoms with van der Waals surface area (Å²) in [4.78, 5) is 12.3. The number of sulfonamides is 1. The minimum Gasteiger partial charge on any atom is -0.322 e. The molecule has 0 unspecified atom stereocenters. The number of aryl methyl sites for hydroxylation is 1. The number of hydrogen-bond donors (Lipinski definition) is 1. The normalized spacial score (nSPS) is 11.7. The third-order valence-corrected chi connectivity index (χ3v) is 6.26. The van der Waals surface area contributed by atoms with Crippen molar-refractivity contribution in [3.63, 3.8) is 0 Å². The lowest BCUT2D eigenvalue weighted by Crippen LogP contribution is -2.30. The summed E-state index contributed by atoms with van der Waals surface area (Å²) < 4.78 is 28.3. The van der Waals surface area contributed by atoms with Gasteiger partial charge in [-0.2, -0.15) is 9.40 Å². The highest BCUT2D eigenvalue weighted by molar-refractivity contribution is 7.89. The Labute approximate surface area is 152 Å². The molecule has 0 aliphatic heterocycles. The summed E-state index contributed by atoms with van der Waals surface area (Å²) in [6, 6.07) is 4.40. The molecule has 0 atom stereocenters. The fraction of sp³-hybridized carbons (Fsp3) is 0.375. The first kappa shape index (κ1) is 19.4. The molecule has 0 aliphatic carbocycles. The summed E-state index contributed by atoms with van der Waals surface area (Å²) in [5.74, 6) is -0.367. The number of amides is 1. The maximum absolute atomic E-state index is 12.7. The Morgan fingerprint density at radius 3 is 2.52 bits per heavy atom. The fourth-order valence-corrected chi connectivity index (χ4v) is 4.30. The van der Waals surface area contributed by atoms with Crippen LogP contribution in [0.2, 0.25) is 5.02 Å². The number of aromatic nitrogens is 2. The van der Waals surface area contributed by atoms with E-state index in [1.165, 1.54) is 22.6 Å². The van der Waals surface area contributed by atoms with Crippen LogP contribution >= 0.6 is 11.6 Å². The van der Waals surface area contributed by atoms with Crippen molar-refractivity contribution in [2.45, 2.75) is 32.2 Å². The van der Waals surface area contributed by atoms with Crippen LogP contribution in [0.15, 0.2) is 35.5 Å². The van der Waals surface area contributed by atoms with Gasteiger partial charge in [0, 0.05) is 31.5 Å². The van der Waals surface area contributed by atoms with Crippen molar-refractivity contribution in [1.29, 1.82) is 0 Å². The number of hydrogen-bond acceptors (Lipinski definition) is 4. The average Bonchev–Trinajstić information content (AvgIpc) is 3.06. The predicted molar refractivity (Wildman–Crippen MR) is 97.4 cm³/mol. The number of rotatable bonds is 7. The van der Waals surface area contributed by atoms with E-state index in [4.69, 9.17) is 11.6 Å². The molecule has 1 N–H and O–H groups in total. The zero-order chi connectivity index (χ0) is 18.6. The third kappa shape index (κ3) is 4.20. The van der Waals surface area contributed by atoms with Crippen molar-refractivity contribution in [1.82, 2.24) is 14.1 Å².